The molecule has 0 N–H and O–H groups in total. The second-order valence-corrected chi connectivity index (χ2v) is 4.48. The summed E-state index contributed by atoms with van der Waals surface area (Å²) in [4.78, 5) is 11.4. The second-order valence-electron chi connectivity index (χ2n) is 3.67. The van der Waals surface area contributed by atoms with Crippen molar-refractivity contribution in [2.75, 3.05) is 7.11 Å². The van der Waals surface area contributed by atoms with Crippen LogP contribution in [0.3, 0.4) is 0 Å². The van der Waals surface area contributed by atoms with Gasteiger partial charge in [0, 0.05) is 10.6 Å². The van der Waals surface area contributed by atoms with Crippen molar-refractivity contribution in [1.82, 2.24) is 0 Å². The molecule has 0 aliphatic carbocycles. The third kappa shape index (κ3) is 2.50. The molecule has 2 aromatic rings. The fourth-order valence-electron chi connectivity index (χ4n) is 1.65. The molecule has 0 atom stereocenters. The van der Waals surface area contributed by atoms with Crippen LogP contribution < -0.4 is 0 Å². The maximum absolute atomic E-state index is 11.4. The lowest BCUT2D eigenvalue weighted by atomic mass is 10.0. The van der Waals surface area contributed by atoms with Crippen LogP contribution in [0.5, 0.6) is 0 Å². The number of halogens is 2. The molecule has 0 aromatic heterocycles. The maximum atomic E-state index is 11.4. The van der Waals surface area contributed by atoms with Crippen LogP contribution in [0.4, 0.5) is 0 Å². The average molecular weight is 281 g/mol. The van der Waals surface area contributed by atoms with Crippen molar-refractivity contribution >= 4 is 29.2 Å². The molecule has 4 heteroatoms. The monoisotopic (exact) mass is 280 g/mol. The Morgan fingerprint density at radius 1 is 1.06 bits per heavy atom. The lowest BCUT2D eigenvalue weighted by Gasteiger charge is -2.07. The number of hydrogen-bond acceptors (Lipinski definition) is 2. The first kappa shape index (κ1) is 12.9. The minimum absolute atomic E-state index is 0.343. The van der Waals surface area contributed by atoms with Crippen molar-refractivity contribution in [3.63, 3.8) is 0 Å². The van der Waals surface area contributed by atoms with Crippen LogP contribution in [0.15, 0.2) is 42.5 Å². The molecule has 0 radical (unpaired) electrons. The van der Waals surface area contributed by atoms with Crippen molar-refractivity contribution in [1.29, 1.82) is 0 Å². The Bertz CT molecular complexity index is 594. The van der Waals surface area contributed by atoms with E-state index in [2.05, 4.69) is 4.74 Å². The summed E-state index contributed by atoms with van der Waals surface area (Å²) in [5.41, 5.74) is 2.07. The van der Waals surface area contributed by atoms with Gasteiger partial charge in [0.2, 0.25) is 0 Å². The summed E-state index contributed by atoms with van der Waals surface area (Å²) in [5, 5.41) is 0.985. The molecule has 0 aliphatic heterocycles. The Labute approximate surface area is 115 Å². The summed E-state index contributed by atoms with van der Waals surface area (Å²) in [6.45, 7) is 0. The Morgan fingerprint density at radius 2 is 1.78 bits per heavy atom. The first-order chi connectivity index (χ1) is 8.63. The van der Waals surface area contributed by atoms with Gasteiger partial charge in [-0.15, -0.1) is 0 Å². The van der Waals surface area contributed by atoms with E-state index in [9.17, 15) is 4.79 Å². The third-order valence-corrected chi connectivity index (χ3v) is 3.20. The van der Waals surface area contributed by atoms with Crippen LogP contribution in [0.2, 0.25) is 10.0 Å². The van der Waals surface area contributed by atoms with E-state index in [0.717, 1.165) is 11.1 Å². The van der Waals surface area contributed by atoms with E-state index < -0.39 is 5.97 Å². The van der Waals surface area contributed by atoms with Crippen molar-refractivity contribution in [2.45, 2.75) is 0 Å². The summed E-state index contributed by atoms with van der Waals surface area (Å²) < 4.78 is 4.64. The molecule has 0 saturated heterocycles. The lowest BCUT2D eigenvalue weighted by Crippen LogP contribution is -2.01. The standard InChI is InChI=1S/C14H10Cl2O2/c1-18-14(17)11-7-6-9(8-13(11)16)10-4-2-3-5-12(10)15/h2-8H,1H3. The summed E-state index contributed by atoms with van der Waals surface area (Å²) in [7, 11) is 1.32. The first-order valence-electron chi connectivity index (χ1n) is 5.26. The normalized spacial score (nSPS) is 10.2. The molecule has 2 nitrogen and oxygen atoms in total. The zero-order valence-electron chi connectivity index (χ0n) is 9.61. The molecule has 2 aromatic carbocycles. The zero-order valence-corrected chi connectivity index (χ0v) is 11.1. The van der Waals surface area contributed by atoms with Crippen molar-refractivity contribution in [2.24, 2.45) is 0 Å². The van der Waals surface area contributed by atoms with Crippen LogP contribution in [0.1, 0.15) is 10.4 Å². The van der Waals surface area contributed by atoms with Gasteiger partial charge in [-0.05, 0) is 23.8 Å². The van der Waals surface area contributed by atoms with Gasteiger partial charge >= 0.3 is 5.97 Å². The van der Waals surface area contributed by atoms with Gasteiger partial charge in [0.15, 0.2) is 0 Å². The molecular formula is C14H10Cl2O2. The van der Waals surface area contributed by atoms with E-state index in [1.54, 1.807) is 24.3 Å². The van der Waals surface area contributed by atoms with E-state index in [4.69, 9.17) is 23.2 Å². The van der Waals surface area contributed by atoms with Crippen LogP contribution in [0.25, 0.3) is 11.1 Å². The summed E-state index contributed by atoms with van der Waals surface area (Å²) in [5.74, 6) is -0.453. The molecule has 0 bridgehead atoms. The average Bonchev–Trinajstić information content (AvgIpc) is 2.38. The summed E-state index contributed by atoms with van der Waals surface area (Å²) in [6, 6.07) is 12.6. The van der Waals surface area contributed by atoms with Crippen molar-refractivity contribution < 1.29 is 9.53 Å². The number of methoxy groups -OCH3 is 1. The van der Waals surface area contributed by atoms with E-state index in [1.165, 1.54) is 7.11 Å². The fraction of sp³-hybridized carbons (Fsp3) is 0.0714. The quantitative estimate of drug-likeness (QED) is 0.760. The highest BCUT2D eigenvalue weighted by Crippen LogP contribution is 2.30. The predicted octanol–water partition coefficient (Wildman–Crippen LogP) is 4.45. The number of hydrogen-bond donors (Lipinski definition) is 0. The first-order valence-corrected chi connectivity index (χ1v) is 6.02. The van der Waals surface area contributed by atoms with Gasteiger partial charge in [-0.3, -0.25) is 0 Å². The largest absolute Gasteiger partial charge is 0.465 e. The van der Waals surface area contributed by atoms with Gasteiger partial charge in [0.05, 0.1) is 17.7 Å². The number of carbonyl (C=O) groups excluding carboxylic acids is 1. The molecule has 0 amide bonds. The minimum Gasteiger partial charge on any atom is -0.465 e. The highest BCUT2D eigenvalue weighted by molar-refractivity contribution is 6.35. The molecule has 0 spiro atoms. The zero-order chi connectivity index (χ0) is 13.1. The Hall–Kier alpha value is -1.51. The number of carbonyl (C=O) groups is 1. The Kier molecular flexibility index (Phi) is 3.90. The molecule has 0 heterocycles. The molecule has 18 heavy (non-hydrogen) atoms. The van der Waals surface area contributed by atoms with E-state index in [-0.39, 0.29) is 0 Å². The molecule has 0 aliphatic rings. The van der Waals surface area contributed by atoms with Crippen LogP contribution in [-0.4, -0.2) is 13.1 Å². The molecule has 0 fully saturated rings. The molecule has 2 rings (SSSR count). The molecular weight excluding hydrogens is 271 g/mol. The summed E-state index contributed by atoms with van der Waals surface area (Å²) >= 11 is 12.2. The fourth-order valence-corrected chi connectivity index (χ4v) is 2.16. The molecule has 0 saturated carbocycles. The minimum atomic E-state index is -0.453. The number of rotatable bonds is 2. The molecule has 92 valence electrons. The third-order valence-electron chi connectivity index (χ3n) is 2.56. The highest BCUT2D eigenvalue weighted by atomic mass is 35.5. The molecule has 0 unspecified atom stereocenters. The van der Waals surface area contributed by atoms with Crippen molar-refractivity contribution in [3.05, 3.63) is 58.1 Å². The number of ether oxygens (including phenoxy) is 1. The van der Waals surface area contributed by atoms with E-state index in [1.807, 2.05) is 18.2 Å². The van der Waals surface area contributed by atoms with Crippen molar-refractivity contribution in [3.8, 4) is 11.1 Å². The Balaban J connectivity index is 2.47. The second kappa shape index (κ2) is 5.42. The SMILES string of the molecule is COC(=O)c1ccc(-c2ccccc2Cl)cc1Cl. The smallest absolute Gasteiger partial charge is 0.339 e. The van der Waals surface area contributed by atoms with Gasteiger partial charge in [0.1, 0.15) is 0 Å². The number of esters is 1. The highest BCUT2D eigenvalue weighted by Gasteiger charge is 2.12. The van der Waals surface area contributed by atoms with Crippen LogP contribution in [0, 0.1) is 0 Å². The Morgan fingerprint density at radius 3 is 2.39 bits per heavy atom. The van der Waals surface area contributed by atoms with Crippen LogP contribution >= 0.6 is 23.2 Å². The lowest BCUT2D eigenvalue weighted by molar-refractivity contribution is 0.0601. The van der Waals surface area contributed by atoms with E-state index in [0.29, 0.717) is 15.6 Å². The summed E-state index contributed by atoms with van der Waals surface area (Å²) in [6.07, 6.45) is 0. The number of benzene rings is 2. The predicted molar refractivity (Wildman–Crippen MR) is 73.2 cm³/mol. The van der Waals surface area contributed by atoms with Gasteiger partial charge in [0.25, 0.3) is 0 Å². The maximum Gasteiger partial charge on any atom is 0.339 e. The van der Waals surface area contributed by atoms with E-state index >= 15 is 0 Å². The van der Waals surface area contributed by atoms with Crippen LogP contribution in [-0.2, 0) is 4.74 Å². The van der Waals surface area contributed by atoms with Gasteiger partial charge in [-0.2, -0.15) is 0 Å². The van der Waals surface area contributed by atoms with Gasteiger partial charge in [-0.25, -0.2) is 4.79 Å². The van der Waals surface area contributed by atoms with Gasteiger partial charge < -0.3 is 4.74 Å². The van der Waals surface area contributed by atoms with Gasteiger partial charge in [-0.1, -0.05) is 47.5 Å². The topological polar surface area (TPSA) is 26.3 Å².